The van der Waals surface area contributed by atoms with E-state index in [2.05, 4.69) is 38.3 Å². The Labute approximate surface area is 158 Å². The summed E-state index contributed by atoms with van der Waals surface area (Å²) in [6.07, 6.45) is 9.57. The molecule has 1 aliphatic rings. The number of ether oxygens (including phenoxy) is 1. The van der Waals surface area contributed by atoms with Gasteiger partial charge in [0.15, 0.2) is 5.11 Å². The highest BCUT2D eigenvalue weighted by Gasteiger charge is 2.14. The van der Waals surface area contributed by atoms with Gasteiger partial charge in [0.2, 0.25) is 0 Å². The molecule has 2 N–H and O–H groups in total. The van der Waals surface area contributed by atoms with Crippen molar-refractivity contribution in [2.24, 2.45) is 5.10 Å². The average molecular weight is 370 g/mol. The predicted octanol–water partition coefficient (Wildman–Crippen LogP) is 1.97. The van der Waals surface area contributed by atoms with Crippen molar-refractivity contribution in [2.45, 2.75) is 25.5 Å². The number of benzene rings is 1. The number of rotatable bonds is 7. The summed E-state index contributed by atoms with van der Waals surface area (Å²) in [5.41, 5.74) is 4.73. The second kappa shape index (κ2) is 9.79. The van der Waals surface area contributed by atoms with Gasteiger partial charge in [0.05, 0.1) is 18.8 Å². The molecule has 0 spiro atoms. The number of hydrogen-bond acceptors (Lipinski definition) is 5. The molecule has 0 amide bonds. The summed E-state index contributed by atoms with van der Waals surface area (Å²) in [6.45, 7) is 2.25. The number of allylic oxidation sites excluding steroid dienone is 1. The van der Waals surface area contributed by atoms with Gasteiger partial charge in [-0.3, -0.25) is 5.43 Å². The predicted molar refractivity (Wildman–Crippen MR) is 106 cm³/mol. The normalized spacial score (nSPS) is 17.2. The summed E-state index contributed by atoms with van der Waals surface area (Å²) in [4.78, 5) is 0. The van der Waals surface area contributed by atoms with E-state index in [1.807, 2.05) is 30.5 Å². The van der Waals surface area contributed by atoms with Crippen molar-refractivity contribution in [2.75, 3.05) is 13.2 Å². The molecule has 0 saturated carbocycles. The Bertz CT molecular complexity index is 752. The Morgan fingerprint density at radius 2 is 2.27 bits per heavy atom. The van der Waals surface area contributed by atoms with Crippen LogP contribution in [0.15, 0.2) is 47.7 Å². The van der Waals surface area contributed by atoms with Crippen LogP contribution in [0, 0.1) is 0 Å². The number of hydrogen-bond donors (Lipinski definition) is 2. The number of nitrogens with one attached hydrogen (secondary N) is 2. The lowest BCUT2D eigenvalue weighted by molar-refractivity contribution is 0.114. The molecular formula is C18H22N6OS. The maximum absolute atomic E-state index is 5.52. The summed E-state index contributed by atoms with van der Waals surface area (Å²) in [7, 11) is 0. The van der Waals surface area contributed by atoms with Gasteiger partial charge in [-0.05, 0) is 42.8 Å². The lowest BCUT2D eigenvalue weighted by Gasteiger charge is -2.11. The van der Waals surface area contributed by atoms with E-state index in [0.29, 0.717) is 18.2 Å². The van der Waals surface area contributed by atoms with Crippen molar-refractivity contribution >= 4 is 29.6 Å². The second-order valence-electron chi connectivity index (χ2n) is 5.92. The van der Waals surface area contributed by atoms with Crippen LogP contribution < -0.4 is 10.7 Å². The van der Waals surface area contributed by atoms with Crippen molar-refractivity contribution in [1.29, 1.82) is 0 Å². The van der Waals surface area contributed by atoms with E-state index in [0.717, 1.165) is 25.1 Å². The van der Waals surface area contributed by atoms with E-state index >= 15 is 0 Å². The maximum atomic E-state index is 5.52. The minimum absolute atomic E-state index is 0.247. The van der Waals surface area contributed by atoms with Crippen molar-refractivity contribution in [3.63, 3.8) is 0 Å². The minimum atomic E-state index is 0.247. The molecule has 8 heteroatoms. The van der Waals surface area contributed by atoms with E-state index in [-0.39, 0.29) is 6.10 Å². The summed E-state index contributed by atoms with van der Waals surface area (Å²) in [5.74, 6) is 0. The molecular weight excluding hydrogens is 348 g/mol. The van der Waals surface area contributed by atoms with Crippen molar-refractivity contribution in [3.8, 4) is 0 Å². The monoisotopic (exact) mass is 370 g/mol. The first-order valence-electron chi connectivity index (χ1n) is 8.59. The zero-order valence-corrected chi connectivity index (χ0v) is 15.2. The third-order valence-electron chi connectivity index (χ3n) is 3.85. The van der Waals surface area contributed by atoms with E-state index in [1.165, 1.54) is 5.56 Å². The first kappa shape index (κ1) is 18.2. The van der Waals surface area contributed by atoms with E-state index < -0.39 is 0 Å². The molecule has 7 nitrogen and oxygen atoms in total. The smallest absolute Gasteiger partial charge is 0.187 e. The van der Waals surface area contributed by atoms with Crippen molar-refractivity contribution in [1.82, 2.24) is 25.7 Å². The SMILES string of the molecule is S=C(NC[C@@H]1CCCO1)N/N=C\C=C\c1cn(Cc2ccccc2)nn1. The molecule has 0 bridgehead atoms. The van der Waals surface area contributed by atoms with Gasteiger partial charge in [0, 0.05) is 19.4 Å². The highest BCUT2D eigenvalue weighted by atomic mass is 32.1. The number of thiocarbonyl (C=S) groups is 1. The number of hydrazone groups is 1. The van der Waals surface area contributed by atoms with Crippen LogP contribution in [-0.4, -0.2) is 45.6 Å². The van der Waals surface area contributed by atoms with Gasteiger partial charge < -0.3 is 10.1 Å². The third kappa shape index (κ3) is 6.05. The van der Waals surface area contributed by atoms with E-state index in [1.54, 1.807) is 17.0 Å². The Hall–Kier alpha value is -2.58. The Morgan fingerprint density at radius 1 is 1.38 bits per heavy atom. The van der Waals surface area contributed by atoms with Crippen LogP contribution >= 0.6 is 12.2 Å². The number of aromatic nitrogens is 3. The highest BCUT2D eigenvalue weighted by Crippen LogP contribution is 2.10. The molecule has 0 unspecified atom stereocenters. The van der Waals surface area contributed by atoms with E-state index in [9.17, 15) is 0 Å². The lowest BCUT2D eigenvalue weighted by atomic mass is 10.2. The summed E-state index contributed by atoms with van der Waals surface area (Å²) < 4.78 is 7.32. The van der Waals surface area contributed by atoms with Gasteiger partial charge in [-0.1, -0.05) is 35.5 Å². The van der Waals surface area contributed by atoms with Gasteiger partial charge in [-0.15, -0.1) is 5.10 Å². The highest BCUT2D eigenvalue weighted by molar-refractivity contribution is 7.80. The molecule has 136 valence electrons. The van der Waals surface area contributed by atoms with Gasteiger partial charge >= 0.3 is 0 Å². The number of nitrogens with zero attached hydrogens (tertiary/aromatic N) is 4. The van der Waals surface area contributed by atoms with Gasteiger partial charge in [0.1, 0.15) is 5.69 Å². The summed E-state index contributed by atoms with van der Waals surface area (Å²) in [6, 6.07) is 10.1. The summed E-state index contributed by atoms with van der Waals surface area (Å²) in [5, 5.41) is 15.8. The van der Waals surface area contributed by atoms with Crippen molar-refractivity contribution < 1.29 is 4.74 Å². The topological polar surface area (TPSA) is 76.4 Å². The fraction of sp³-hybridized carbons (Fsp3) is 0.333. The molecule has 3 rings (SSSR count). The molecule has 0 aliphatic carbocycles. The van der Waals surface area contributed by atoms with Crippen LogP contribution in [0.1, 0.15) is 24.1 Å². The van der Waals surface area contributed by atoms with Crippen LogP contribution in [0.5, 0.6) is 0 Å². The second-order valence-corrected chi connectivity index (χ2v) is 6.33. The van der Waals surface area contributed by atoms with Crippen LogP contribution in [0.2, 0.25) is 0 Å². The molecule has 26 heavy (non-hydrogen) atoms. The zero-order valence-electron chi connectivity index (χ0n) is 14.4. The van der Waals surface area contributed by atoms with Crippen LogP contribution in [-0.2, 0) is 11.3 Å². The fourth-order valence-electron chi connectivity index (χ4n) is 2.57. The van der Waals surface area contributed by atoms with Gasteiger partial charge in [0.25, 0.3) is 0 Å². The first-order chi connectivity index (χ1) is 12.8. The Morgan fingerprint density at radius 3 is 3.08 bits per heavy atom. The van der Waals surface area contributed by atoms with Gasteiger partial charge in [-0.25, -0.2) is 4.68 Å². The largest absolute Gasteiger partial charge is 0.376 e. The maximum Gasteiger partial charge on any atom is 0.187 e. The molecule has 1 atom stereocenters. The fourth-order valence-corrected chi connectivity index (χ4v) is 2.71. The first-order valence-corrected chi connectivity index (χ1v) is 8.99. The molecule has 1 fully saturated rings. The average Bonchev–Trinajstić information content (AvgIpc) is 3.33. The molecule has 2 heterocycles. The Balaban J connectivity index is 1.38. The van der Waals surface area contributed by atoms with E-state index in [4.69, 9.17) is 17.0 Å². The molecule has 1 saturated heterocycles. The van der Waals surface area contributed by atoms with Crippen LogP contribution in [0.4, 0.5) is 0 Å². The standard InChI is InChI=1S/C18H22N6OS/c26-18(19-12-17-9-5-11-25-17)22-20-10-4-8-16-14-24(23-21-16)13-15-6-2-1-3-7-15/h1-4,6-8,10,14,17H,5,9,11-13H2,(H2,19,22,26)/b8-4+,20-10-/t17-/m0/s1. The lowest BCUT2D eigenvalue weighted by Crippen LogP contribution is -2.37. The molecule has 0 radical (unpaired) electrons. The van der Waals surface area contributed by atoms with Crippen LogP contribution in [0.3, 0.4) is 0 Å². The summed E-state index contributed by atoms with van der Waals surface area (Å²) >= 11 is 5.16. The minimum Gasteiger partial charge on any atom is -0.376 e. The molecule has 1 aromatic heterocycles. The zero-order chi connectivity index (χ0) is 18.0. The van der Waals surface area contributed by atoms with Crippen molar-refractivity contribution in [3.05, 3.63) is 53.9 Å². The van der Waals surface area contributed by atoms with Crippen LogP contribution in [0.25, 0.3) is 6.08 Å². The Kier molecular flexibility index (Phi) is 6.86. The van der Waals surface area contributed by atoms with Gasteiger partial charge in [-0.2, -0.15) is 5.10 Å². The molecule has 1 aromatic carbocycles. The quantitative estimate of drug-likeness (QED) is 0.441. The molecule has 2 aromatic rings. The third-order valence-corrected chi connectivity index (χ3v) is 4.09. The molecule has 1 aliphatic heterocycles.